The summed E-state index contributed by atoms with van der Waals surface area (Å²) >= 11 is 5.88. The van der Waals surface area contributed by atoms with Crippen LogP contribution < -0.4 is 5.32 Å². The average molecular weight is 326 g/mol. The molecule has 2 aromatic carbocycles. The first-order valence-electron chi connectivity index (χ1n) is 6.37. The van der Waals surface area contributed by atoms with E-state index in [1.54, 1.807) is 12.1 Å². The Labute approximate surface area is 129 Å². The first-order chi connectivity index (χ1) is 10.1. The van der Waals surface area contributed by atoms with Crippen LogP contribution in [0.3, 0.4) is 0 Å². The van der Waals surface area contributed by atoms with Crippen LogP contribution >= 0.6 is 19.2 Å². The van der Waals surface area contributed by atoms with E-state index in [1.165, 1.54) is 14.2 Å². The summed E-state index contributed by atoms with van der Waals surface area (Å²) in [6, 6.07) is 16.5. The fourth-order valence-corrected chi connectivity index (χ4v) is 3.51. The molecular formula is C15H17ClNO3P. The Bertz CT molecular complexity index is 611. The number of hydrogen-bond acceptors (Lipinski definition) is 4. The Morgan fingerprint density at radius 3 is 2.10 bits per heavy atom. The van der Waals surface area contributed by atoms with Crippen molar-refractivity contribution in [3.63, 3.8) is 0 Å². The summed E-state index contributed by atoms with van der Waals surface area (Å²) < 4.78 is 23.1. The van der Waals surface area contributed by atoms with E-state index in [1.807, 2.05) is 42.5 Å². The van der Waals surface area contributed by atoms with Crippen LogP contribution in [0.5, 0.6) is 0 Å². The van der Waals surface area contributed by atoms with E-state index in [0.717, 1.165) is 11.3 Å². The van der Waals surface area contributed by atoms with Crippen LogP contribution in [-0.4, -0.2) is 14.2 Å². The molecule has 1 atom stereocenters. The van der Waals surface area contributed by atoms with Gasteiger partial charge in [0.2, 0.25) is 0 Å². The largest absolute Gasteiger partial charge is 0.368 e. The van der Waals surface area contributed by atoms with E-state index >= 15 is 0 Å². The van der Waals surface area contributed by atoms with Gasteiger partial charge in [-0.1, -0.05) is 41.9 Å². The smallest absolute Gasteiger partial charge is 0.356 e. The second-order valence-corrected chi connectivity index (χ2v) is 7.13. The van der Waals surface area contributed by atoms with Gasteiger partial charge in [0.15, 0.2) is 5.78 Å². The third-order valence-electron chi connectivity index (χ3n) is 3.09. The van der Waals surface area contributed by atoms with Gasteiger partial charge in [-0.25, -0.2) is 0 Å². The lowest BCUT2D eigenvalue weighted by Crippen LogP contribution is -2.13. The lowest BCUT2D eigenvalue weighted by molar-refractivity contribution is 0.268. The number of halogens is 1. The van der Waals surface area contributed by atoms with E-state index in [0.29, 0.717) is 5.02 Å². The van der Waals surface area contributed by atoms with Gasteiger partial charge in [0, 0.05) is 24.9 Å². The molecule has 2 rings (SSSR count). The van der Waals surface area contributed by atoms with Gasteiger partial charge >= 0.3 is 7.60 Å². The quantitative estimate of drug-likeness (QED) is 0.764. The van der Waals surface area contributed by atoms with Crippen molar-refractivity contribution < 1.29 is 13.6 Å². The van der Waals surface area contributed by atoms with Gasteiger partial charge < -0.3 is 14.4 Å². The van der Waals surface area contributed by atoms with Gasteiger partial charge in [0.25, 0.3) is 0 Å². The predicted molar refractivity (Wildman–Crippen MR) is 85.9 cm³/mol. The Morgan fingerprint density at radius 1 is 1.00 bits per heavy atom. The Balaban J connectivity index is 2.37. The summed E-state index contributed by atoms with van der Waals surface area (Å²) in [6.07, 6.45) is 0. The van der Waals surface area contributed by atoms with Crippen molar-refractivity contribution in [1.29, 1.82) is 0 Å². The van der Waals surface area contributed by atoms with Crippen LogP contribution in [0.15, 0.2) is 54.6 Å². The van der Waals surface area contributed by atoms with Gasteiger partial charge in [0.05, 0.1) is 0 Å². The number of anilines is 1. The summed E-state index contributed by atoms with van der Waals surface area (Å²) in [6.45, 7) is 0. The standard InChI is InChI=1S/C15H17ClNO3P/c1-19-21(18,20-2)15(12-6-4-3-5-7-12)17-14-10-8-13(16)9-11-14/h3-11,15,17H,1-2H3/t15-/m1/s1. The molecule has 0 unspecified atom stereocenters. The summed E-state index contributed by atoms with van der Waals surface area (Å²) in [5.74, 6) is -0.602. The van der Waals surface area contributed by atoms with E-state index in [4.69, 9.17) is 20.6 Å². The molecule has 0 aliphatic rings. The highest BCUT2D eigenvalue weighted by Gasteiger charge is 2.35. The summed E-state index contributed by atoms with van der Waals surface area (Å²) in [5, 5.41) is 3.83. The molecule has 4 nitrogen and oxygen atoms in total. The van der Waals surface area contributed by atoms with Crippen LogP contribution in [0.2, 0.25) is 5.02 Å². The first kappa shape index (κ1) is 16.1. The van der Waals surface area contributed by atoms with E-state index < -0.39 is 13.4 Å². The molecule has 0 fully saturated rings. The lowest BCUT2D eigenvalue weighted by Gasteiger charge is -2.26. The molecule has 21 heavy (non-hydrogen) atoms. The average Bonchev–Trinajstić information content (AvgIpc) is 2.54. The molecule has 0 amide bonds. The Hall–Kier alpha value is -1.32. The molecule has 6 heteroatoms. The highest BCUT2D eigenvalue weighted by atomic mass is 35.5. The summed E-state index contributed by atoms with van der Waals surface area (Å²) in [5.41, 5.74) is 1.60. The third kappa shape index (κ3) is 3.86. The molecule has 0 spiro atoms. The zero-order valence-corrected chi connectivity index (χ0v) is 13.5. The zero-order chi connectivity index (χ0) is 15.3. The molecule has 0 aromatic heterocycles. The Morgan fingerprint density at radius 2 is 1.57 bits per heavy atom. The van der Waals surface area contributed by atoms with Gasteiger partial charge in [-0.15, -0.1) is 0 Å². The molecule has 0 aliphatic carbocycles. The van der Waals surface area contributed by atoms with Gasteiger partial charge in [0.1, 0.15) is 0 Å². The maximum absolute atomic E-state index is 12.8. The fraction of sp³-hybridized carbons (Fsp3) is 0.200. The van der Waals surface area contributed by atoms with Crippen molar-refractivity contribution in [2.45, 2.75) is 5.78 Å². The normalized spacial score (nSPS) is 12.9. The molecular weight excluding hydrogens is 309 g/mol. The van der Waals surface area contributed by atoms with Gasteiger partial charge in [-0.2, -0.15) is 0 Å². The van der Waals surface area contributed by atoms with E-state index in [-0.39, 0.29) is 0 Å². The van der Waals surface area contributed by atoms with Crippen molar-refractivity contribution in [2.75, 3.05) is 19.5 Å². The third-order valence-corrected chi connectivity index (χ3v) is 5.42. The second kappa shape index (κ2) is 7.10. The van der Waals surface area contributed by atoms with Gasteiger partial charge in [-0.05, 0) is 29.8 Å². The monoisotopic (exact) mass is 325 g/mol. The minimum atomic E-state index is -3.33. The molecule has 0 bridgehead atoms. The molecule has 0 heterocycles. The van der Waals surface area contributed by atoms with Crippen molar-refractivity contribution in [3.05, 3.63) is 65.2 Å². The zero-order valence-electron chi connectivity index (χ0n) is 11.8. The maximum atomic E-state index is 12.8. The Kier molecular flexibility index (Phi) is 5.43. The second-order valence-electron chi connectivity index (χ2n) is 4.37. The number of hydrogen-bond donors (Lipinski definition) is 1. The lowest BCUT2D eigenvalue weighted by atomic mass is 10.2. The molecule has 112 valence electrons. The molecule has 0 aliphatic heterocycles. The van der Waals surface area contributed by atoms with Crippen LogP contribution in [0, 0.1) is 0 Å². The number of benzene rings is 2. The van der Waals surface area contributed by atoms with Crippen LogP contribution in [0.4, 0.5) is 5.69 Å². The molecule has 2 aromatic rings. The van der Waals surface area contributed by atoms with Crippen LogP contribution in [-0.2, 0) is 13.6 Å². The highest BCUT2D eigenvalue weighted by molar-refractivity contribution is 7.54. The van der Waals surface area contributed by atoms with Crippen molar-refractivity contribution >= 4 is 24.9 Å². The molecule has 0 saturated heterocycles. The fourth-order valence-electron chi connectivity index (χ4n) is 1.97. The summed E-state index contributed by atoms with van der Waals surface area (Å²) in [4.78, 5) is 0. The first-order valence-corrected chi connectivity index (χ1v) is 8.36. The van der Waals surface area contributed by atoms with Crippen molar-refractivity contribution in [2.24, 2.45) is 0 Å². The SMILES string of the molecule is COP(=O)(OC)[C@@H](Nc1ccc(Cl)cc1)c1ccccc1. The van der Waals surface area contributed by atoms with E-state index in [2.05, 4.69) is 5.32 Å². The predicted octanol–water partition coefficient (Wildman–Crippen LogP) is 4.94. The molecule has 1 N–H and O–H groups in total. The number of rotatable bonds is 6. The number of nitrogens with one attached hydrogen (secondary N) is 1. The van der Waals surface area contributed by atoms with Gasteiger partial charge in [-0.3, -0.25) is 4.57 Å². The van der Waals surface area contributed by atoms with Crippen molar-refractivity contribution in [3.8, 4) is 0 Å². The minimum Gasteiger partial charge on any atom is -0.368 e. The summed E-state index contributed by atoms with van der Waals surface area (Å²) in [7, 11) is -0.577. The molecule has 0 saturated carbocycles. The topological polar surface area (TPSA) is 47.6 Å². The van der Waals surface area contributed by atoms with Crippen LogP contribution in [0.1, 0.15) is 11.3 Å². The van der Waals surface area contributed by atoms with E-state index in [9.17, 15) is 4.57 Å². The van der Waals surface area contributed by atoms with Crippen molar-refractivity contribution in [1.82, 2.24) is 0 Å². The minimum absolute atomic E-state index is 0.602. The maximum Gasteiger partial charge on any atom is 0.356 e. The molecule has 0 radical (unpaired) electrons. The highest BCUT2D eigenvalue weighted by Crippen LogP contribution is 2.59. The van der Waals surface area contributed by atoms with Crippen LogP contribution in [0.25, 0.3) is 0 Å².